The SMILES string of the molecule is C=CC(=O)OCCCCCCOC(=O)Oc1ccc(C(=O)Oc2ccc(C)cc2)cc1. The summed E-state index contributed by atoms with van der Waals surface area (Å²) in [6.45, 7) is 5.84. The van der Waals surface area contributed by atoms with Crippen LogP contribution in [0.25, 0.3) is 0 Å². The molecule has 7 nitrogen and oxygen atoms in total. The van der Waals surface area contributed by atoms with Crippen LogP contribution in [0.3, 0.4) is 0 Å². The van der Waals surface area contributed by atoms with E-state index in [1.165, 1.54) is 24.3 Å². The number of unbranched alkanes of at least 4 members (excludes halogenated alkanes) is 3. The van der Waals surface area contributed by atoms with Crippen LogP contribution in [0.2, 0.25) is 0 Å². The van der Waals surface area contributed by atoms with Gasteiger partial charge in [-0.2, -0.15) is 0 Å². The van der Waals surface area contributed by atoms with Crippen LogP contribution >= 0.6 is 0 Å². The molecule has 0 N–H and O–H groups in total. The Labute approximate surface area is 181 Å². The van der Waals surface area contributed by atoms with Crippen molar-refractivity contribution in [2.24, 2.45) is 0 Å². The van der Waals surface area contributed by atoms with Gasteiger partial charge in [-0.05, 0) is 69.0 Å². The van der Waals surface area contributed by atoms with Gasteiger partial charge < -0.3 is 18.9 Å². The molecule has 0 radical (unpaired) electrons. The fraction of sp³-hybridized carbons (Fsp3) is 0.292. The van der Waals surface area contributed by atoms with Gasteiger partial charge in [0.05, 0.1) is 18.8 Å². The Morgan fingerprint density at radius 3 is 1.94 bits per heavy atom. The zero-order valence-corrected chi connectivity index (χ0v) is 17.5. The smallest absolute Gasteiger partial charge is 0.463 e. The summed E-state index contributed by atoms with van der Waals surface area (Å²) in [7, 11) is 0. The van der Waals surface area contributed by atoms with Crippen LogP contribution in [0.4, 0.5) is 4.79 Å². The van der Waals surface area contributed by atoms with Crippen LogP contribution in [-0.2, 0) is 14.3 Å². The Hall–Kier alpha value is -3.61. The number of ether oxygens (including phenoxy) is 4. The molecule has 0 atom stereocenters. The Kier molecular flexibility index (Phi) is 9.81. The van der Waals surface area contributed by atoms with Gasteiger partial charge in [0.1, 0.15) is 11.5 Å². The molecule has 0 aromatic heterocycles. The molecule has 0 aliphatic rings. The predicted octanol–water partition coefficient (Wildman–Crippen LogP) is 5.02. The summed E-state index contributed by atoms with van der Waals surface area (Å²) >= 11 is 0. The van der Waals surface area contributed by atoms with E-state index >= 15 is 0 Å². The van der Waals surface area contributed by atoms with Crippen LogP contribution in [-0.4, -0.2) is 31.3 Å². The molecule has 2 aromatic rings. The Balaban J connectivity index is 1.63. The summed E-state index contributed by atoms with van der Waals surface area (Å²) in [6.07, 6.45) is 3.41. The minimum atomic E-state index is -0.810. The minimum Gasteiger partial charge on any atom is -0.463 e. The average Bonchev–Trinajstić information content (AvgIpc) is 2.77. The van der Waals surface area contributed by atoms with Crippen molar-refractivity contribution in [3.8, 4) is 11.5 Å². The average molecular weight is 426 g/mol. The van der Waals surface area contributed by atoms with Crippen molar-refractivity contribution in [3.05, 3.63) is 72.3 Å². The number of hydrogen-bond acceptors (Lipinski definition) is 7. The van der Waals surface area contributed by atoms with Crippen molar-refractivity contribution in [3.63, 3.8) is 0 Å². The maximum Gasteiger partial charge on any atom is 0.513 e. The molecule has 2 rings (SSSR count). The van der Waals surface area contributed by atoms with E-state index in [2.05, 4.69) is 6.58 Å². The van der Waals surface area contributed by atoms with E-state index in [1.54, 1.807) is 12.1 Å². The second-order valence-corrected chi connectivity index (χ2v) is 6.71. The molecule has 2 aromatic carbocycles. The van der Waals surface area contributed by atoms with Crippen molar-refractivity contribution < 1.29 is 33.3 Å². The van der Waals surface area contributed by atoms with E-state index in [0.717, 1.165) is 30.9 Å². The number of hydrogen-bond donors (Lipinski definition) is 0. The highest BCUT2D eigenvalue weighted by atomic mass is 16.7. The van der Waals surface area contributed by atoms with Crippen molar-refractivity contribution in [2.75, 3.05) is 13.2 Å². The lowest BCUT2D eigenvalue weighted by Crippen LogP contribution is -2.12. The van der Waals surface area contributed by atoms with Crippen LogP contribution < -0.4 is 9.47 Å². The van der Waals surface area contributed by atoms with E-state index in [0.29, 0.717) is 24.3 Å². The van der Waals surface area contributed by atoms with Gasteiger partial charge in [0, 0.05) is 6.08 Å². The second-order valence-electron chi connectivity index (χ2n) is 6.71. The van der Waals surface area contributed by atoms with Gasteiger partial charge in [0.2, 0.25) is 0 Å². The number of rotatable bonds is 11. The fourth-order valence-electron chi connectivity index (χ4n) is 2.50. The first-order chi connectivity index (χ1) is 15.0. The summed E-state index contributed by atoms with van der Waals surface area (Å²) in [6, 6.07) is 13.2. The normalized spacial score (nSPS) is 10.1. The molecule has 0 aliphatic carbocycles. The van der Waals surface area contributed by atoms with Gasteiger partial charge in [0.25, 0.3) is 0 Å². The van der Waals surface area contributed by atoms with E-state index in [1.807, 2.05) is 19.1 Å². The Morgan fingerprint density at radius 2 is 1.32 bits per heavy atom. The Bertz CT molecular complexity index is 870. The molecule has 7 heteroatoms. The van der Waals surface area contributed by atoms with Gasteiger partial charge in [-0.15, -0.1) is 0 Å². The number of aryl methyl sites for hydroxylation is 1. The second kappa shape index (κ2) is 12.8. The quantitative estimate of drug-likeness (QED) is 0.164. The van der Waals surface area contributed by atoms with Crippen LogP contribution in [0.15, 0.2) is 61.2 Å². The highest BCUT2D eigenvalue weighted by Gasteiger charge is 2.11. The topological polar surface area (TPSA) is 88.1 Å². The van der Waals surface area contributed by atoms with Crippen LogP contribution in [0.5, 0.6) is 11.5 Å². The first-order valence-corrected chi connectivity index (χ1v) is 10.0. The van der Waals surface area contributed by atoms with Crippen LogP contribution in [0, 0.1) is 6.92 Å². The summed E-state index contributed by atoms with van der Waals surface area (Å²) in [5, 5.41) is 0. The lowest BCUT2D eigenvalue weighted by Gasteiger charge is -2.07. The van der Waals surface area contributed by atoms with Crippen molar-refractivity contribution in [1.82, 2.24) is 0 Å². The van der Waals surface area contributed by atoms with Gasteiger partial charge in [-0.25, -0.2) is 14.4 Å². The molecule has 164 valence electrons. The molecule has 0 bridgehead atoms. The highest BCUT2D eigenvalue weighted by molar-refractivity contribution is 5.91. The van der Waals surface area contributed by atoms with Gasteiger partial charge in [0.15, 0.2) is 0 Å². The summed E-state index contributed by atoms with van der Waals surface area (Å²) < 4.78 is 20.3. The number of esters is 2. The van der Waals surface area contributed by atoms with Crippen molar-refractivity contribution >= 4 is 18.1 Å². The van der Waals surface area contributed by atoms with Gasteiger partial charge in [-0.1, -0.05) is 24.3 Å². The summed E-state index contributed by atoms with van der Waals surface area (Å²) in [4.78, 5) is 34.8. The van der Waals surface area contributed by atoms with Gasteiger partial charge in [-0.3, -0.25) is 0 Å². The molecule has 0 saturated heterocycles. The Morgan fingerprint density at radius 1 is 0.774 bits per heavy atom. The monoisotopic (exact) mass is 426 g/mol. The zero-order valence-electron chi connectivity index (χ0n) is 17.5. The fourth-order valence-corrected chi connectivity index (χ4v) is 2.50. The third-order valence-corrected chi connectivity index (χ3v) is 4.19. The van der Waals surface area contributed by atoms with Crippen molar-refractivity contribution in [2.45, 2.75) is 32.6 Å². The third kappa shape index (κ3) is 9.16. The summed E-state index contributed by atoms with van der Waals surface area (Å²) in [5.74, 6) is -0.210. The molecule has 0 unspecified atom stereocenters. The van der Waals surface area contributed by atoms with Crippen LogP contribution in [0.1, 0.15) is 41.6 Å². The number of carbonyl (C=O) groups excluding carboxylic acids is 3. The molecular weight excluding hydrogens is 400 g/mol. The minimum absolute atomic E-state index is 0.228. The van der Waals surface area contributed by atoms with Gasteiger partial charge >= 0.3 is 18.1 Å². The molecule has 31 heavy (non-hydrogen) atoms. The van der Waals surface area contributed by atoms with E-state index in [4.69, 9.17) is 18.9 Å². The number of carbonyl (C=O) groups is 3. The molecule has 0 fully saturated rings. The lowest BCUT2D eigenvalue weighted by molar-refractivity contribution is -0.137. The van der Waals surface area contributed by atoms with E-state index in [9.17, 15) is 14.4 Å². The van der Waals surface area contributed by atoms with E-state index < -0.39 is 18.1 Å². The number of benzene rings is 2. The molecule has 0 aliphatic heterocycles. The first kappa shape index (κ1) is 23.7. The lowest BCUT2D eigenvalue weighted by atomic mass is 10.2. The standard InChI is InChI=1S/C24H26O7/c1-3-22(25)28-16-6-4-5-7-17-29-24(27)31-21-14-10-19(11-15-21)23(26)30-20-12-8-18(2)9-13-20/h3,8-15H,1,4-7,16-17H2,2H3. The maximum atomic E-state index is 12.2. The molecule has 0 spiro atoms. The van der Waals surface area contributed by atoms with Crippen molar-refractivity contribution in [1.29, 1.82) is 0 Å². The first-order valence-electron chi connectivity index (χ1n) is 10.0. The highest BCUT2D eigenvalue weighted by Crippen LogP contribution is 2.17. The zero-order chi connectivity index (χ0) is 22.5. The third-order valence-electron chi connectivity index (χ3n) is 4.19. The molecular formula is C24H26O7. The summed E-state index contributed by atoms with van der Waals surface area (Å²) in [5.41, 5.74) is 1.40. The largest absolute Gasteiger partial charge is 0.513 e. The predicted molar refractivity (Wildman–Crippen MR) is 114 cm³/mol. The maximum absolute atomic E-state index is 12.2. The van der Waals surface area contributed by atoms with E-state index in [-0.39, 0.29) is 12.4 Å². The molecule has 0 amide bonds. The molecule has 0 saturated carbocycles. The molecule has 0 heterocycles.